The normalized spacial score (nSPS) is 14.7. The number of hydrogen-bond donors (Lipinski definition) is 1. The molecule has 0 saturated heterocycles. The number of alkyl halides is 9. The number of halogens is 13. The predicted octanol–water partition coefficient (Wildman–Crippen LogP) is 8.36. The molecule has 2 unspecified atom stereocenters. The minimum absolute atomic E-state index is 0.0128. The van der Waals surface area contributed by atoms with Gasteiger partial charge in [-0.25, -0.2) is 4.39 Å². The second kappa shape index (κ2) is 12.6. The third-order valence-corrected chi connectivity index (χ3v) is 7.32. The van der Waals surface area contributed by atoms with Crippen LogP contribution >= 0.6 is 34.8 Å². The summed E-state index contributed by atoms with van der Waals surface area (Å²) in [4.78, 5) is 12.2. The van der Waals surface area contributed by atoms with Gasteiger partial charge in [-0.05, 0) is 35.9 Å². The average Bonchev–Trinajstić information content (AvgIpc) is 2.77. The largest absolute Gasteiger partial charge is 0.417 e. The molecule has 0 heterocycles. The Hall–Kier alpha value is -2.03. The Labute approximate surface area is 231 Å². The highest BCUT2D eigenvalue weighted by Crippen LogP contribution is 2.42. The molecule has 0 radical (unpaired) electrons. The van der Waals surface area contributed by atoms with Crippen LogP contribution in [0.25, 0.3) is 5.83 Å². The summed E-state index contributed by atoms with van der Waals surface area (Å²) in [5, 5.41) is 0.819. The van der Waals surface area contributed by atoms with Gasteiger partial charge in [0.25, 0.3) is 5.91 Å². The predicted molar refractivity (Wildman–Crippen MR) is 127 cm³/mol. The smallest absolute Gasteiger partial charge is 0.351 e. The van der Waals surface area contributed by atoms with Gasteiger partial charge < -0.3 is 5.32 Å². The van der Waals surface area contributed by atoms with E-state index in [1.807, 2.05) is 5.32 Å². The lowest BCUT2D eigenvalue weighted by Gasteiger charge is -2.19. The summed E-state index contributed by atoms with van der Waals surface area (Å²) >= 11 is 17.2. The highest BCUT2D eigenvalue weighted by Gasteiger charge is 2.41. The molecule has 0 bridgehead atoms. The van der Waals surface area contributed by atoms with Crippen LogP contribution in [-0.4, -0.2) is 40.5 Å². The van der Waals surface area contributed by atoms with E-state index in [9.17, 15) is 52.9 Å². The first-order chi connectivity index (χ1) is 17.7. The lowest BCUT2D eigenvalue weighted by molar-refractivity contribution is -0.140. The van der Waals surface area contributed by atoms with E-state index in [0.717, 1.165) is 12.1 Å². The van der Waals surface area contributed by atoms with Gasteiger partial charge in [-0.15, -0.1) is 0 Å². The van der Waals surface area contributed by atoms with E-state index in [-0.39, 0.29) is 27.2 Å². The summed E-state index contributed by atoms with van der Waals surface area (Å²) in [6, 6.07) is 2.69. The number of rotatable bonds is 8. The Morgan fingerprint density at radius 2 is 1.51 bits per heavy atom. The van der Waals surface area contributed by atoms with Crippen molar-refractivity contribution in [3.63, 3.8) is 0 Å². The second-order valence-corrected chi connectivity index (χ2v) is 10.5. The minimum Gasteiger partial charge on any atom is -0.351 e. The molecule has 17 heteroatoms. The van der Waals surface area contributed by atoms with Crippen LogP contribution in [0.4, 0.5) is 43.9 Å². The van der Waals surface area contributed by atoms with Gasteiger partial charge in [0.1, 0.15) is 17.5 Å². The van der Waals surface area contributed by atoms with Crippen molar-refractivity contribution < 1.29 is 52.9 Å². The molecule has 0 aliphatic carbocycles. The van der Waals surface area contributed by atoms with E-state index < -0.39 is 87.3 Å². The van der Waals surface area contributed by atoms with Crippen molar-refractivity contribution in [2.75, 3.05) is 18.1 Å². The van der Waals surface area contributed by atoms with Gasteiger partial charge in [-0.1, -0.05) is 40.9 Å². The summed E-state index contributed by atoms with van der Waals surface area (Å²) in [5.41, 5.74) is -4.46. The van der Waals surface area contributed by atoms with E-state index >= 15 is 0 Å². The minimum atomic E-state index is -5.29. The van der Waals surface area contributed by atoms with Gasteiger partial charge in [-0.3, -0.25) is 9.00 Å². The second-order valence-electron chi connectivity index (χ2n) is 7.75. The van der Waals surface area contributed by atoms with Crippen LogP contribution in [0.3, 0.4) is 0 Å². The van der Waals surface area contributed by atoms with Crippen molar-refractivity contribution in [2.45, 2.75) is 24.4 Å². The fourth-order valence-corrected chi connectivity index (χ4v) is 4.58. The Balaban J connectivity index is 2.40. The van der Waals surface area contributed by atoms with E-state index in [2.05, 4.69) is 0 Å². The lowest BCUT2D eigenvalue weighted by atomic mass is 9.95. The number of benzene rings is 2. The van der Waals surface area contributed by atoms with Crippen molar-refractivity contribution in [3.05, 3.63) is 73.7 Å². The molecule has 0 aliphatic heterocycles. The molecule has 0 spiro atoms. The van der Waals surface area contributed by atoms with Crippen LogP contribution in [0.2, 0.25) is 15.1 Å². The van der Waals surface area contributed by atoms with Crippen molar-refractivity contribution in [1.29, 1.82) is 0 Å². The molecular formula is C22H14Cl3F10NO2S. The van der Waals surface area contributed by atoms with E-state index in [1.54, 1.807) is 0 Å². The molecule has 2 aromatic rings. The number of nitrogens with one attached hydrogen (secondary N) is 1. The Morgan fingerprint density at radius 1 is 0.949 bits per heavy atom. The van der Waals surface area contributed by atoms with Crippen molar-refractivity contribution in [2.24, 2.45) is 0 Å². The highest BCUT2D eigenvalue weighted by atomic mass is 35.5. The molecule has 0 aromatic heterocycles. The molecular weight excluding hydrogens is 639 g/mol. The molecule has 39 heavy (non-hydrogen) atoms. The van der Waals surface area contributed by atoms with E-state index in [0.29, 0.717) is 12.1 Å². The third kappa shape index (κ3) is 9.54. The maximum Gasteiger partial charge on any atom is 0.417 e. The standard InChI is InChI=1S/C22H14Cl3F10NO2S/c23-15-6-11(7-16(24)18(15)25)13(21(30,31)32)8-17(26)10-1-2-12(14(5-10)22(33,34)35)19(37)36-3-4-39(38)9-20(27,28)29/h1-2,5-8,13H,3-4,9H2,(H,36,37). The summed E-state index contributed by atoms with van der Waals surface area (Å²) in [6.45, 7) is -0.686. The van der Waals surface area contributed by atoms with Crippen LogP contribution < -0.4 is 5.32 Å². The zero-order valence-electron chi connectivity index (χ0n) is 18.8. The molecule has 216 valence electrons. The molecule has 2 aromatic carbocycles. The van der Waals surface area contributed by atoms with Gasteiger partial charge in [0.05, 0.1) is 26.2 Å². The first kappa shape index (κ1) is 33.2. The molecule has 2 atom stereocenters. The fourth-order valence-electron chi connectivity index (χ4n) is 3.13. The maximum atomic E-state index is 14.9. The molecule has 2 rings (SSSR count). The van der Waals surface area contributed by atoms with Crippen LogP contribution in [0, 0.1) is 0 Å². The topological polar surface area (TPSA) is 46.2 Å². The van der Waals surface area contributed by atoms with Crippen molar-refractivity contribution in [1.82, 2.24) is 5.32 Å². The van der Waals surface area contributed by atoms with Gasteiger partial charge in [0, 0.05) is 28.7 Å². The van der Waals surface area contributed by atoms with Gasteiger partial charge in [0.2, 0.25) is 0 Å². The number of hydrogen-bond acceptors (Lipinski definition) is 2. The highest BCUT2D eigenvalue weighted by molar-refractivity contribution is 7.85. The summed E-state index contributed by atoms with van der Waals surface area (Å²) in [6.07, 6.45) is -15.2. The monoisotopic (exact) mass is 651 g/mol. The van der Waals surface area contributed by atoms with Crippen molar-refractivity contribution >= 4 is 57.3 Å². The van der Waals surface area contributed by atoms with Gasteiger partial charge in [-0.2, -0.15) is 39.5 Å². The maximum absolute atomic E-state index is 14.9. The number of amides is 1. The van der Waals surface area contributed by atoms with Crippen LogP contribution in [-0.2, 0) is 17.0 Å². The third-order valence-electron chi connectivity index (χ3n) is 4.82. The fraction of sp³-hybridized carbons (Fsp3) is 0.318. The number of allylic oxidation sites excluding steroid dienone is 1. The molecule has 1 N–H and O–H groups in total. The molecule has 0 fully saturated rings. The lowest BCUT2D eigenvalue weighted by Crippen LogP contribution is -2.31. The van der Waals surface area contributed by atoms with Crippen molar-refractivity contribution in [3.8, 4) is 0 Å². The van der Waals surface area contributed by atoms with Gasteiger partial charge >= 0.3 is 18.5 Å². The summed E-state index contributed by atoms with van der Waals surface area (Å²) in [5.74, 6) is -8.30. The average molecular weight is 653 g/mol. The molecule has 0 saturated carbocycles. The molecule has 0 aliphatic rings. The Kier molecular flexibility index (Phi) is 10.8. The van der Waals surface area contributed by atoms with Crippen LogP contribution in [0.5, 0.6) is 0 Å². The van der Waals surface area contributed by atoms with E-state index in [1.165, 1.54) is 0 Å². The first-order valence-corrected chi connectivity index (χ1v) is 12.8. The number of carbonyl (C=O) groups is 1. The quantitative estimate of drug-likeness (QED) is 0.230. The first-order valence-electron chi connectivity index (χ1n) is 10.2. The Bertz CT molecular complexity index is 1250. The van der Waals surface area contributed by atoms with Crippen LogP contribution in [0.15, 0.2) is 36.4 Å². The van der Waals surface area contributed by atoms with Crippen LogP contribution in [0.1, 0.15) is 33.0 Å². The molecule has 3 nitrogen and oxygen atoms in total. The SMILES string of the molecule is O=C(NCCS(=O)CC(F)(F)F)c1ccc(C(F)=CC(c2cc(Cl)c(Cl)c(Cl)c2)C(F)(F)F)cc1C(F)(F)F. The number of carbonyl (C=O) groups excluding carboxylic acids is 1. The zero-order chi connectivity index (χ0) is 29.9. The Morgan fingerprint density at radius 3 is 2.00 bits per heavy atom. The summed E-state index contributed by atoms with van der Waals surface area (Å²) in [7, 11) is -2.46. The molecule has 1 amide bonds. The zero-order valence-corrected chi connectivity index (χ0v) is 21.9. The van der Waals surface area contributed by atoms with Gasteiger partial charge in [0.15, 0.2) is 0 Å². The van der Waals surface area contributed by atoms with E-state index in [4.69, 9.17) is 34.8 Å². The summed E-state index contributed by atoms with van der Waals surface area (Å²) < 4.78 is 145.